The summed E-state index contributed by atoms with van der Waals surface area (Å²) in [6, 6.07) is 11.2. The third kappa shape index (κ3) is 5.84. The van der Waals surface area contributed by atoms with Crippen LogP contribution in [0.5, 0.6) is 5.75 Å². The van der Waals surface area contributed by atoms with Crippen LogP contribution in [-0.4, -0.2) is 50.2 Å². The minimum Gasteiger partial charge on any atom is -0.502 e. The van der Waals surface area contributed by atoms with Gasteiger partial charge in [-0.05, 0) is 5.56 Å². The largest absolute Gasteiger partial charge is 0.502 e. The van der Waals surface area contributed by atoms with Crippen LogP contribution in [0.25, 0.3) is 0 Å². The van der Waals surface area contributed by atoms with Crippen molar-refractivity contribution in [3.05, 3.63) is 73.8 Å². The highest BCUT2D eigenvalue weighted by atomic mass is 16.6. The summed E-state index contributed by atoms with van der Waals surface area (Å²) in [6.45, 7) is 0.464. The van der Waals surface area contributed by atoms with E-state index in [0.717, 1.165) is 17.8 Å². The molecule has 3 N–H and O–H groups in total. The Morgan fingerprint density at radius 3 is 2.39 bits per heavy atom. The Balaban J connectivity index is 1.83. The van der Waals surface area contributed by atoms with Crippen molar-refractivity contribution >= 4 is 35.4 Å². The minimum atomic E-state index is -0.923. The fourth-order valence-corrected chi connectivity index (χ4v) is 2.60. The van der Waals surface area contributed by atoms with E-state index < -0.39 is 27.0 Å². The van der Waals surface area contributed by atoms with Crippen LogP contribution in [-0.2, 0) is 6.54 Å². The van der Waals surface area contributed by atoms with Gasteiger partial charge in [0.05, 0.1) is 27.7 Å². The van der Waals surface area contributed by atoms with Crippen molar-refractivity contribution in [1.82, 2.24) is 15.0 Å². The lowest BCUT2D eigenvalue weighted by molar-refractivity contribution is -0.394. The molecule has 0 saturated heterocycles. The number of nitro benzene ring substituents is 2. The van der Waals surface area contributed by atoms with Gasteiger partial charge in [-0.15, -0.1) is 0 Å². The zero-order valence-electron chi connectivity index (χ0n) is 17.5. The van der Waals surface area contributed by atoms with E-state index in [-0.39, 0.29) is 17.5 Å². The number of anilines is 3. The Labute approximate surface area is 186 Å². The standard InChI is InChI=1S/C19H19N9O5/c1-26(2)19-23-17(20-10-12-6-4-3-5-7-12)22-18(24-19)25-21-11-13-8-14(27(30)31)9-15(16(13)29)28(32)33/h3-9,11,29H,10H2,1-2H3,(H2,20,22,23,24,25)/b21-11+. The van der Waals surface area contributed by atoms with Crippen molar-refractivity contribution in [3.63, 3.8) is 0 Å². The fourth-order valence-electron chi connectivity index (χ4n) is 2.60. The number of nitro groups is 2. The molecule has 3 rings (SSSR count). The van der Waals surface area contributed by atoms with E-state index in [2.05, 4.69) is 30.8 Å². The van der Waals surface area contributed by atoms with Gasteiger partial charge in [0.1, 0.15) is 0 Å². The average molecular weight is 453 g/mol. The first-order valence-electron chi connectivity index (χ1n) is 9.40. The quantitative estimate of drug-likeness (QED) is 0.245. The number of nitrogens with zero attached hydrogens (tertiary/aromatic N) is 7. The van der Waals surface area contributed by atoms with Gasteiger partial charge in [-0.3, -0.25) is 20.2 Å². The van der Waals surface area contributed by atoms with Gasteiger partial charge in [-0.25, -0.2) is 5.43 Å². The van der Waals surface area contributed by atoms with Crippen LogP contribution in [0, 0.1) is 20.2 Å². The zero-order chi connectivity index (χ0) is 24.0. The van der Waals surface area contributed by atoms with E-state index in [1.54, 1.807) is 19.0 Å². The molecule has 3 aromatic rings. The van der Waals surface area contributed by atoms with Gasteiger partial charge in [-0.2, -0.15) is 20.1 Å². The molecule has 14 nitrogen and oxygen atoms in total. The van der Waals surface area contributed by atoms with Gasteiger partial charge < -0.3 is 15.3 Å². The summed E-state index contributed by atoms with van der Waals surface area (Å²) in [7, 11) is 3.48. The Kier molecular flexibility index (Phi) is 6.87. The molecule has 1 heterocycles. The Bertz CT molecular complexity index is 1200. The lowest BCUT2D eigenvalue weighted by atomic mass is 10.1. The summed E-state index contributed by atoms with van der Waals surface area (Å²) in [4.78, 5) is 34.7. The number of phenols is 1. The summed E-state index contributed by atoms with van der Waals surface area (Å²) >= 11 is 0. The minimum absolute atomic E-state index is 0.0416. The van der Waals surface area contributed by atoms with Gasteiger partial charge in [0.25, 0.3) is 5.69 Å². The predicted molar refractivity (Wildman–Crippen MR) is 121 cm³/mol. The molecule has 0 amide bonds. The van der Waals surface area contributed by atoms with Gasteiger partial charge in [0.15, 0.2) is 0 Å². The van der Waals surface area contributed by atoms with Crippen molar-refractivity contribution in [2.75, 3.05) is 29.7 Å². The second-order valence-corrected chi connectivity index (χ2v) is 6.80. The Morgan fingerprint density at radius 2 is 1.76 bits per heavy atom. The van der Waals surface area contributed by atoms with Crippen LogP contribution >= 0.6 is 0 Å². The SMILES string of the molecule is CN(C)c1nc(NCc2ccccc2)nc(N/N=C/c2cc([N+](=O)[O-])cc([N+](=O)[O-])c2O)n1. The first kappa shape index (κ1) is 22.8. The summed E-state index contributed by atoms with van der Waals surface area (Å²) in [5, 5.41) is 39.1. The van der Waals surface area contributed by atoms with Crippen LogP contribution in [0.15, 0.2) is 47.6 Å². The molecule has 170 valence electrons. The molecule has 0 atom stereocenters. The van der Waals surface area contributed by atoms with Crippen LogP contribution in [0.3, 0.4) is 0 Å². The second kappa shape index (κ2) is 9.95. The first-order valence-corrected chi connectivity index (χ1v) is 9.40. The lowest BCUT2D eigenvalue weighted by Crippen LogP contribution is -2.16. The van der Waals surface area contributed by atoms with Crippen LogP contribution in [0.4, 0.5) is 29.2 Å². The molecular formula is C19H19N9O5. The van der Waals surface area contributed by atoms with E-state index >= 15 is 0 Å². The number of non-ortho nitro benzene ring substituents is 1. The normalized spacial score (nSPS) is 10.7. The van der Waals surface area contributed by atoms with Crippen molar-refractivity contribution in [1.29, 1.82) is 0 Å². The molecule has 0 unspecified atom stereocenters. The molecular weight excluding hydrogens is 434 g/mol. The van der Waals surface area contributed by atoms with Crippen molar-refractivity contribution in [3.8, 4) is 5.75 Å². The molecule has 0 fully saturated rings. The maximum atomic E-state index is 11.1. The third-order valence-electron chi connectivity index (χ3n) is 4.20. The summed E-state index contributed by atoms with van der Waals surface area (Å²) in [6.07, 6.45) is 0.992. The number of phenolic OH excluding ortho intramolecular Hbond substituents is 1. The molecule has 14 heteroatoms. The average Bonchev–Trinajstić information content (AvgIpc) is 2.79. The molecule has 0 radical (unpaired) electrons. The number of hydrazone groups is 1. The summed E-state index contributed by atoms with van der Waals surface area (Å²) in [5.41, 5.74) is 1.95. The molecule has 2 aromatic carbocycles. The highest BCUT2D eigenvalue weighted by Crippen LogP contribution is 2.33. The molecule has 33 heavy (non-hydrogen) atoms. The number of rotatable bonds is 9. The molecule has 0 aliphatic rings. The monoisotopic (exact) mass is 453 g/mol. The fraction of sp³-hybridized carbons (Fsp3) is 0.158. The third-order valence-corrected chi connectivity index (χ3v) is 4.20. The van der Waals surface area contributed by atoms with Crippen LogP contribution < -0.4 is 15.6 Å². The topological polar surface area (TPSA) is 185 Å². The Hall–Kier alpha value is -4.88. The van der Waals surface area contributed by atoms with E-state index in [1.807, 2.05) is 30.3 Å². The first-order chi connectivity index (χ1) is 15.7. The van der Waals surface area contributed by atoms with E-state index in [0.29, 0.717) is 18.6 Å². The van der Waals surface area contributed by atoms with Crippen LogP contribution in [0.1, 0.15) is 11.1 Å². The number of benzene rings is 2. The number of hydrogen-bond donors (Lipinski definition) is 3. The molecule has 0 bridgehead atoms. The predicted octanol–water partition coefficient (Wildman–Crippen LogP) is 2.52. The maximum absolute atomic E-state index is 11.1. The highest BCUT2D eigenvalue weighted by molar-refractivity contribution is 5.87. The number of aromatic hydroxyl groups is 1. The molecule has 0 aliphatic carbocycles. The summed E-state index contributed by atoms with van der Waals surface area (Å²) in [5.74, 6) is -0.123. The number of hydrogen-bond acceptors (Lipinski definition) is 12. The van der Waals surface area contributed by atoms with E-state index in [4.69, 9.17) is 0 Å². The van der Waals surface area contributed by atoms with Crippen molar-refractivity contribution < 1.29 is 15.0 Å². The zero-order valence-corrected chi connectivity index (χ0v) is 17.5. The van der Waals surface area contributed by atoms with E-state index in [1.165, 1.54) is 0 Å². The highest BCUT2D eigenvalue weighted by Gasteiger charge is 2.23. The number of aromatic nitrogens is 3. The Morgan fingerprint density at radius 1 is 1.06 bits per heavy atom. The summed E-state index contributed by atoms with van der Waals surface area (Å²) < 4.78 is 0. The van der Waals surface area contributed by atoms with Gasteiger partial charge in [-0.1, -0.05) is 30.3 Å². The number of nitrogens with one attached hydrogen (secondary N) is 2. The van der Waals surface area contributed by atoms with Crippen molar-refractivity contribution in [2.24, 2.45) is 5.10 Å². The lowest BCUT2D eigenvalue weighted by Gasteiger charge is -2.13. The molecule has 0 saturated carbocycles. The van der Waals surface area contributed by atoms with Gasteiger partial charge >= 0.3 is 5.69 Å². The van der Waals surface area contributed by atoms with Crippen molar-refractivity contribution in [2.45, 2.75) is 6.54 Å². The molecule has 0 spiro atoms. The van der Waals surface area contributed by atoms with Gasteiger partial charge in [0.2, 0.25) is 23.6 Å². The van der Waals surface area contributed by atoms with E-state index in [9.17, 15) is 25.3 Å². The molecule has 0 aliphatic heterocycles. The second-order valence-electron chi connectivity index (χ2n) is 6.80. The molecule has 1 aromatic heterocycles. The smallest absolute Gasteiger partial charge is 0.318 e. The van der Waals surface area contributed by atoms with Crippen LogP contribution in [0.2, 0.25) is 0 Å². The maximum Gasteiger partial charge on any atom is 0.318 e. The van der Waals surface area contributed by atoms with Gasteiger partial charge in [0, 0.05) is 26.7 Å².